The van der Waals surface area contributed by atoms with E-state index in [1.165, 1.54) is 5.70 Å². The van der Waals surface area contributed by atoms with Crippen molar-refractivity contribution >= 4 is 17.0 Å². The van der Waals surface area contributed by atoms with Crippen molar-refractivity contribution in [1.29, 1.82) is 0 Å². The summed E-state index contributed by atoms with van der Waals surface area (Å²) in [4.78, 5) is 4.37. The highest BCUT2D eigenvalue weighted by atomic mass is 32.2. The molecule has 2 aliphatic heterocycles. The number of hydrogen-bond acceptors (Lipinski definition) is 4. The summed E-state index contributed by atoms with van der Waals surface area (Å²) < 4.78 is 5.10. The molecule has 0 bridgehead atoms. The summed E-state index contributed by atoms with van der Waals surface area (Å²) in [5.41, 5.74) is 1.18. The van der Waals surface area contributed by atoms with Gasteiger partial charge in [-0.2, -0.15) is 0 Å². The van der Waals surface area contributed by atoms with Crippen molar-refractivity contribution in [3.05, 3.63) is 11.8 Å². The molecule has 3 nitrogen and oxygen atoms in total. The van der Waals surface area contributed by atoms with Crippen LogP contribution in [0.3, 0.4) is 0 Å². The van der Waals surface area contributed by atoms with Gasteiger partial charge < -0.3 is 10.1 Å². The minimum atomic E-state index is 0.523. The van der Waals surface area contributed by atoms with E-state index >= 15 is 0 Å². The molecule has 0 saturated heterocycles. The maximum Gasteiger partial charge on any atom is 0.251 e. The fraction of sp³-hybridized carbons (Fsp3) is 0.625. The number of nitrogens with zero attached hydrogens (tertiary/aromatic N) is 1. The molecule has 0 aliphatic carbocycles. The predicted octanol–water partition coefficient (Wildman–Crippen LogP) is 0.981. The van der Waals surface area contributed by atoms with E-state index in [-0.39, 0.29) is 0 Å². The summed E-state index contributed by atoms with van der Waals surface area (Å²) in [6.07, 6.45) is 3.30. The molecule has 0 aromatic carbocycles. The van der Waals surface area contributed by atoms with Gasteiger partial charge in [0.15, 0.2) is 0 Å². The average molecular weight is 184 g/mol. The van der Waals surface area contributed by atoms with Crippen LogP contribution in [0.4, 0.5) is 0 Å². The van der Waals surface area contributed by atoms with Crippen LogP contribution in [0.15, 0.2) is 16.8 Å². The lowest BCUT2D eigenvalue weighted by Gasteiger charge is -2.05. The number of ether oxygens (including phenoxy) is 1. The Morgan fingerprint density at radius 2 is 2.67 bits per heavy atom. The number of fused-ring (bicyclic) bond motifs is 1. The summed E-state index contributed by atoms with van der Waals surface area (Å²) in [5, 5.41) is 4.65. The molecule has 66 valence electrons. The highest BCUT2D eigenvalue weighted by Crippen LogP contribution is 2.32. The fourth-order valence-electron chi connectivity index (χ4n) is 1.38. The van der Waals surface area contributed by atoms with Crippen molar-refractivity contribution in [3.63, 3.8) is 0 Å². The summed E-state index contributed by atoms with van der Waals surface area (Å²) in [7, 11) is 1.68. The molecule has 2 rings (SSSR count). The first kappa shape index (κ1) is 8.13. The summed E-state index contributed by atoms with van der Waals surface area (Å²) >= 11 is 1.73. The monoisotopic (exact) mass is 184 g/mol. The zero-order chi connectivity index (χ0) is 8.39. The molecule has 0 amide bonds. The molecule has 0 aromatic heterocycles. The second-order valence-corrected chi connectivity index (χ2v) is 3.96. The normalized spacial score (nSPS) is 28.6. The number of nitrogens with one attached hydrogen (secondary N) is 1. The molecule has 0 radical (unpaired) electrons. The molecular weight excluding hydrogens is 172 g/mol. The number of thioether (sulfide) groups is 1. The Morgan fingerprint density at radius 3 is 3.50 bits per heavy atom. The standard InChI is InChI=1S/C8H12N2OS/c1-11-8-10-6-2-4-9-5-3-7(6)12-8/h2,7,9H,3-5H2,1H3. The lowest BCUT2D eigenvalue weighted by atomic mass is 10.2. The molecule has 4 heteroatoms. The van der Waals surface area contributed by atoms with Gasteiger partial charge in [-0.3, -0.25) is 0 Å². The van der Waals surface area contributed by atoms with Gasteiger partial charge in [0.05, 0.1) is 18.1 Å². The van der Waals surface area contributed by atoms with E-state index in [1.54, 1.807) is 18.9 Å². The maximum absolute atomic E-state index is 5.10. The molecule has 0 fully saturated rings. The number of aliphatic imine (C=N–C) groups is 1. The summed E-state index contributed by atoms with van der Waals surface area (Å²) in [6, 6.07) is 0. The minimum Gasteiger partial charge on any atom is -0.476 e. The molecule has 2 heterocycles. The Hall–Kier alpha value is -0.480. The Kier molecular flexibility index (Phi) is 2.37. The third-order valence-corrected chi connectivity index (χ3v) is 3.23. The minimum absolute atomic E-state index is 0.523. The van der Waals surface area contributed by atoms with Gasteiger partial charge in [-0.1, -0.05) is 11.8 Å². The van der Waals surface area contributed by atoms with Crippen LogP contribution in [0, 0.1) is 0 Å². The SMILES string of the molecule is COC1=NC2=CCNCCC2S1. The predicted molar refractivity (Wildman–Crippen MR) is 51.4 cm³/mol. The summed E-state index contributed by atoms with van der Waals surface area (Å²) in [5.74, 6) is 0. The van der Waals surface area contributed by atoms with Crippen molar-refractivity contribution in [2.45, 2.75) is 11.7 Å². The third-order valence-electron chi connectivity index (χ3n) is 2.01. The Bertz CT molecular complexity index is 237. The molecule has 1 N–H and O–H groups in total. The van der Waals surface area contributed by atoms with E-state index < -0.39 is 0 Å². The van der Waals surface area contributed by atoms with Crippen LogP contribution in [0.1, 0.15) is 6.42 Å². The van der Waals surface area contributed by atoms with Gasteiger partial charge >= 0.3 is 0 Å². The fourth-order valence-corrected chi connectivity index (χ4v) is 2.38. The van der Waals surface area contributed by atoms with Gasteiger partial charge in [-0.15, -0.1) is 0 Å². The highest BCUT2D eigenvalue weighted by molar-refractivity contribution is 8.14. The summed E-state index contributed by atoms with van der Waals surface area (Å²) in [6.45, 7) is 2.01. The van der Waals surface area contributed by atoms with Crippen LogP contribution in [0.25, 0.3) is 0 Å². The average Bonchev–Trinajstić information content (AvgIpc) is 2.37. The van der Waals surface area contributed by atoms with E-state index in [0.29, 0.717) is 5.25 Å². The van der Waals surface area contributed by atoms with E-state index in [9.17, 15) is 0 Å². The maximum atomic E-state index is 5.10. The second kappa shape index (κ2) is 3.49. The van der Waals surface area contributed by atoms with Crippen molar-refractivity contribution in [1.82, 2.24) is 5.32 Å². The van der Waals surface area contributed by atoms with Gasteiger partial charge in [-0.25, -0.2) is 4.99 Å². The molecule has 1 atom stereocenters. The molecular formula is C8H12N2OS. The first-order chi connectivity index (χ1) is 5.90. The molecule has 0 aromatic rings. The zero-order valence-corrected chi connectivity index (χ0v) is 7.86. The zero-order valence-electron chi connectivity index (χ0n) is 7.04. The Morgan fingerprint density at radius 1 is 1.75 bits per heavy atom. The van der Waals surface area contributed by atoms with Crippen LogP contribution >= 0.6 is 11.8 Å². The van der Waals surface area contributed by atoms with Crippen molar-refractivity contribution in [2.24, 2.45) is 4.99 Å². The lowest BCUT2D eigenvalue weighted by molar-refractivity contribution is 0.416. The Labute approximate surface area is 76.3 Å². The molecule has 2 aliphatic rings. The van der Waals surface area contributed by atoms with Crippen LogP contribution < -0.4 is 5.32 Å². The van der Waals surface area contributed by atoms with Crippen LogP contribution in [0.5, 0.6) is 0 Å². The molecule has 0 spiro atoms. The van der Waals surface area contributed by atoms with Gasteiger partial charge in [0.2, 0.25) is 0 Å². The molecule has 1 unspecified atom stereocenters. The second-order valence-electron chi connectivity index (χ2n) is 2.81. The van der Waals surface area contributed by atoms with E-state index in [2.05, 4.69) is 16.4 Å². The molecule has 12 heavy (non-hydrogen) atoms. The van der Waals surface area contributed by atoms with Crippen molar-refractivity contribution in [3.8, 4) is 0 Å². The van der Waals surface area contributed by atoms with E-state index in [0.717, 1.165) is 24.7 Å². The quantitative estimate of drug-likeness (QED) is 0.609. The van der Waals surface area contributed by atoms with Gasteiger partial charge in [0.25, 0.3) is 5.23 Å². The van der Waals surface area contributed by atoms with Crippen molar-refractivity contribution < 1.29 is 4.74 Å². The topological polar surface area (TPSA) is 33.6 Å². The van der Waals surface area contributed by atoms with Crippen LogP contribution in [-0.4, -0.2) is 30.7 Å². The number of hydrogen-bond donors (Lipinski definition) is 1. The van der Waals surface area contributed by atoms with Gasteiger partial charge in [0.1, 0.15) is 0 Å². The smallest absolute Gasteiger partial charge is 0.251 e. The van der Waals surface area contributed by atoms with Gasteiger partial charge in [0, 0.05) is 6.54 Å². The lowest BCUT2D eigenvalue weighted by Crippen LogP contribution is -2.15. The third kappa shape index (κ3) is 1.49. The van der Waals surface area contributed by atoms with Crippen LogP contribution in [0.2, 0.25) is 0 Å². The highest BCUT2D eigenvalue weighted by Gasteiger charge is 2.25. The van der Waals surface area contributed by atoms with Crippen molar-refractivity contribution in [2.75, 3.05) is 20.2 Å². The number of rotatable bonds is 0. The molecule has 0 saturated carbocycles. The van der Waals surface area contributed by atoms with Crippen LogP contribution in [-0.2, 0) is 4.74 Å². The van der Waals surface area contributed by atoms with E-state index in [1.807, 2.05) is 0 Å². The first-order valence-corrected chi connectivity index (χ1v) is 4.98. The van der Waals surface area contributed by atoms with Gasteiger partial charge in [-0.05, 0) is 19.0 Å². The Balaban J connectivity index is 2.14. The number of methoxy groups -OCH3 is 1. The first-order valence-electron chi connectivity index (χ1n) is 4.10. The van der Waals surface area contributed by atoms with E-state index in [4.69, 9.17) is 4.74 Å². The largest absolute Gasteiger partial charge is 0.476 e.